The van der Waals surface area contributed by atoms with Gasteiger partial charge in [0.15, 0.2) is 0 Å². The van der Waals surface area contributed by atoms with Crippen molar-refractivity contribution in [3.05, 3.63) is 40.1 Å². The zero-order chi connectivity index (χ0) is 22.1. The van der Waals surface area contributed by atoms with Crippen LogP contribution in [0.3, 0.4) is 0 Å². The minimum Gasteiger partial charge on any atom is -0.381 e. The van der Waals surface area contributed by atoms with Gasteiger partial charge >= 0.3 is 0 Å². The number of benzene rings is 1. The lowest BCUT2D eigenvalue weighted by Crippen LogP contribution is -2.27. The molecule has 1 aromatic heterocycles. The van der Waals surface area contributed by atoms with E-state index in [1.54, 1.807) is 0 Å². The summed E-state index contributed by atoms with van der Waals surface area (Å²) in [5.41, 5.74) is 0.333. The molecule has 1 aliphatic rings. The second-order valence-corrected chi connectivity index (χ2v) is 13.0. The number of sulfonamides is 2. The second kappa shape index (κ2) is 8.96. The summed E-state index contributed by atoms with van der Waals surface area (Å²) < 4.78 is 51.7. The molecule has 10 heteroatoms. The number of primary sulfonamides is 1. The highest BCUT2D eigenvalue weighted by Gasteiger charge is 2.26. The van der Waals surface area contributed by atoms with E-state index in [9.17, 15) is 16.8 Å². The van der Waals surface area contributed by atoms with Crippen LogP contribution in [0.1, 0.15) is 42.4 Å². The molecule has 3 N–H and O–H groups in total. The molecular weight excluding hydrogens is 442 g/mol. The van der Waals surface area contributed by atoms with E-state index >= 15 is 0 Å². The van der Waals surface area contributed by atoms with Crippen LogP contribution in [-0.4, -0.2) is 34.2 Å². The molecule has 0 radical (unpaired) electrons. The van der Waals surface area contributed by atoms with E-state index in [0.717, 1.165) is 22.2 Å². The summed E-state index contributed by atoms with van der Waals surface area (Å²) in [6, 6.07) is 7.96. The third kappa shape index (κ3) is 5.42. The Morgan fingerprint density at radius 1 is 1.20 bits per heavy atom. The molecule has 1 unspecified atom stereocenters. The van der Waals surface area contributed by atoms with Gasteiger partial charge in [0.1, 0.15) is 4.90 Å². The van der Waals surface area contributed by atoms with E-state index in [1.807, 2.05) is 26.0 Å². The van der Waals surface area contributed by atoms with Crippen molar-refractivity contribution in [3.63, 3.8) is 0 Å². The van der Waals surface area contributed by atoms with Gasteiger partial charge < -0.3 is 5.32 Å². The molecule has 0 aliphatic heterocycles. The van der Waals surface area contributed by atoms with E-state index in [2.05, 4.69) is 5.32 Å². The number of aryl methyl sites for hydroxylation is 1. The molecule has 0 amide bonds. The first kappa shape index (κ1) is 23.2. The first-order chi connectivity index (χ1) is 14.0. The Labute approximate surface area is 183 Å². The van der Waals surface area contributed by atoms with Crippen LogP contribution in [0.2, 0.25) is 0 Å². The van der Waals surface area contributed by atoms with E-state index in [0.29, 0.717) is 11.6 Å². The van der Waals surface area contributed by atoms with Crippen LogP contribution in [0.4, 0.5) is 5.69 Å². The van der Waals surface area contributed by atoms with Crippen molar-refractivity contribution in [2.75, 3.05) is 12.4 Å². The topological polar surface area (TPSA) is 110 Å². The van der Waals surface area contributed by atoms with Gasteiger partial charge in [-0.3, -0.25) is 0 Å². The molecule has 0 spiro atoms. The number of rotatable bonds is 9. The Morgan fingerprint density at radius 3 is 2.43 bits per heavy atom. The summed E-state index contributed by atoms with van der Waals surface area (Å²) >= 11 is 1.52. The van der Waals surface area contributed by atoms with Crippen molar-refractivity contribution in [1.29, 1.82) is 0 Å². The van der Waals surface area contributed by atoms with E-state index in [4.69, 9.17) is 5.14 Å². The molecule has 0 bridgehead atoms. The maximum Gasteiger partial charge on any atom is 0.243 e. The Hall–Kier alpha value is -1.46. The predicted molar refractivity (Wildman–Crippen MR) is 121 cm³/mol. The fraction of sp³-hybridized carbons (Fsp3) is 0.500. The van der Waals surface area contributed by atoms with Crippen LogP contribution in [0, 0.1) is 12.8 Å². The lowest BCUT2D eigenvalue weighted by atomic mass is 9.81. The molecule has 166 valence electrons. The highest BCUT2D eigenvalue weighted by molar-refractivity contribution is 7.90. The number of nitrogens with zero attached hydrogens (tertiary/aromatic N) is 1. The smallest absolute Gasteiger partial charge is 0.243 e. The van der Waals surface area contributed by atoms with Crippen LogP contribution in [0.15, 0.2) is 40.1 Å². The molecule has 1 aliphatic carbocycles. The molecular formula is C20H29N3O4S3. The summed E-state index contributed by atoms with van der Waals surface area (Å²) in [7, 11) is -6.50. The van der Waals surface area contributed by atoms with Gasteiger partial charge in [-0.05, 0) is 56.5 Å². The zero-order valence-electron chi connectivity index (χ0n) is 17.5. The summed E-state index contributed by atoms with van der Waals surface area (Å²) in [4.78, 5) is 1.70. The van der Waals surface area contributed by atoms with Gasteiger partial charge in [0.2, 0.25) is 20.0 Å². The van der Waals surface area contributed by atoms with E-state index < -0.39 is 20.0 Å². The Morgan fingerprint density at radius 2 is 1.90 bits per heavy atom. The van der Waals surface area contributed by atoms with Gasteiger partial charge in [-0.25, -0.2) is 22.0 Å². The van der Waals surface area contributed by atoms with Gasteiger partial charge in [-0.15, -0.1) is 11.3 Å². The fourth-order valence-electron chi connectivity index (χ4n) is 3.63. The summed E-state index contributed by atoms with van der Waals surface area (Å²) in [5.74, 6) is 0.652. The summed E-state index contributed by atoms with van der Waals surface area (Å²) in [6.07, 6.45) is 4.57. The van der Waals surface area contributed by atoms with Crippen molar-refractivity contribution < 1.29 is 16.8 Å². The van der Waals surface area contributed by atoms with Crippen molar-refractivity contribution in [2.24, 2.45) is 11.1 Å². The number of hydrogen-bond acceptors (Lipinski definition) is 6. The number of hydrogen-bond donors (Lipinski definition) is 2. The summed E-state index contributed by atoms with van der Waals surface area (Å²) in [6.45, 7) is 4.16. The second-order valence-electron chi connectivity index (χ2n) is 8.05. The normalized spacial score (nSPS) is 16.4. The molecule has 0 saturated heterocycles. The Kier molecular flexibility index (Phi) is 6.93. The minimum absolute atomic E-state index is 0.0583. The highest BCUT2D eigenvalue weighted by Crippen LogP contribution is 2.32. The highest BCUT2D eigenvalue weighted by atomic mass is 32.2. The van der Waals surface area contributed by atoms with E-state index in [-0.39, 0.29) is 22.4 Å². The molecule has 1 aromatic carbocycles. The van der Waals surface area contributed by atoms with Gasteiger partial charge in [0.25, 0.3) is 0 Å². The maximum absolute atomic E-state index is 13.0. The van der Waals surface area contributed by atoms with Gasteiger partial charge in [0.05, 0.1) is 10.6 Å². The van der Waals surface area contributed by atoms with Crippen LogP contribution in [0.5, 0.6) is 0 Å². The average molecular weight is 472 g/mol. The molecule has 7 nitrogen and oxygen atoms in total. The molecule has 1 saturated carbocycles. The lowest BCUT2D eigenvalue weighted by Gasteiger charge is -2.29. The molecule has 1 heterocycles. The molecule has 1 fully saturated rings. The first-order valence-electron chi connectivity index (χ1n) is 9.92. The quantitative estimate of drug-likeness (QED) is 0.581. The number of anilines is 1. The Bertz CT molecular complexity index is 1110. The van der Waals surface area contributed by atoms with Crippen LogP contribution in [-0.2, 0) is 26.6 Å². The van der Waals surface area contributed by atoms with Crippen LogP contribution >= 0.6 is 11.3 Å². The van der Waals surface area contributed by atoms with Crippen LogP contribution in [0.25, 0.3) is 0 Å². The number of nitrogens with one attached hydrogen (secondary N) is 1. The predicted octanol–water partition coefficient (Wildman–Crippen LogP) is 3.52. The SMILES string of the molecule is Cc1ccc(CN(C)S(=O)(=O)c2ccc(NC(C)CC3CCC3)c(S(N)(=O)=O)c2)s1. The average Bonchev–Trinajstić information content (AvgIpc) is 3.02. The van der Waals surface area contributed by atoms with Gasteiger partial charge in [0, 0.05) is 29.4 Å². The van der Waals surface area contributed by atoms with E-state index in [1.165, 1.54) is 54.1 Å². The van der Waals surface area contributed by atoms with Crippen molar-refractivity contribution in [2.45, 2.75) is 61.9 Å². The summed E-state index contributed by atoms with van der Waals surface area (Å²) in [5, 5.41) is 8.61. The Balaban J connectivity index is 1.85. The van der Waals surface area contributed by atoms with Crippen molar-refractivity contribution in [3.8, 4) is 0 Å². The van der Waals surface area contributed by atoms with Crippen LogP contribution < -0.4 is 10.5 Å². The third-order valence-corrected chi connectivity index (χ3v) is 9.19. The molecule has 30 heavy (non-hydrogen) atoms. The first-order valence-corrected chi connectivity index (χ1v) is 13.7. The molecule has 1 atom stereocenters. The number of thiophene rings is 1. The molecule has 3 rings (SSSR count). The largest absolute Gasteiger partial charge is 0.381 e. The van der Waals surface area contributed by atoms with Gasteiger partial charge in [-0.1, -0.05) is 19.3 Å². The number of nitrogens with two attached hydrogens (primary N) is 1. The maximum atomic E-state index is 13.0. The third-order valence-electron chi connectivity index (χ3n) is 5.46. The van der Waals surface area contributed by atoms with Gasteiger partial charge in [-0.2, -0.15) is 4.31 Å². The monoisotopic (exact) mass is 471 g/mol. The fourth-order valence-corrected chi connectivity index (χ4v) is 6.63. The molecule has 2 aromatic rings. The standard InChI is InChI=1S/C20H29N3O4S3/c1-14(11-16-5-4-6-16)22-19-10-9-18(12-20(19)29(21,24)25)30(26,27)23(3)13-17-8-7-15(2)28-17/h7-10,12,14,16,22H,4-6,11,13H2,1-3H3,(H2,21,24,25). The van der Waals surface area contributed by atoms with Crippen molar-refractivity contribution >= 4 is 37.1 Å². The lowest BCUT2D eigenvalue weighted by molar-refractivity contribution is 0.285. The van der Waals surface area contributed by atoms with Crippen molar-refractivity contribution in [1.82, 2.24) is 4.31 Å². The minimum atomic E-state index is -4.11. The zero-order valence-corrected chi connectivity index (χ0v) is 19.9.